The quantitative estimate of drug-likeness (QED) is 0.572. The summed E-state index contributed by atoms with van der Waals surface area (Å²) in [5.41, 5.74) is 0.911. The van der Waals surface area contributed by atoms with Gasteiger partial charge in [-0.1, -0.05) is 28.6 Å². The van der Waals surface area contributed by atoms with Crippen molar-refractivity contribution in [3.05, 3.63) is 40.2 Å². The van der Waals surface area contributed by atoms with Crippen molar-refractivity contribution in [2.45, 2.75) is 38.0 Å². The van der Waals surface area contributed by atoms with Crippen LogP contribution in [0.25, 0.3) is 0 Å². The van der Waals surface area contributed by atoms with Crippen LogP contribution in [-0.4, -0.2) is 24.7 Å². The van der Waals surface area contributed by atoms with Gasteiger partial charge in [-0.3, -0.25) is 9.52 Å². The van der Waals surface area contributed by atoms with E-state index in [0.717, 1.165) is 0 Å². The van der Waals surface area contributed by atoms with Crippen LogP contribution in [0.3, 0.4) is 0 Å². The van der Waals surface area contributed by atoms with E-state index >= 15 is 0 Å². The van der Waals surface area contributed by atoms with Gasteiger partial charge in [0, 0.05) is 17.9 Å². The van der Waals surface area contributed by atoms with E-state index in [0.29, 0.717) is 23.4 Å². The minimum Gasteiger partial charge on any atom is -0.481 e. The van der Waals surface area contributed by atoms with Crippen LogP contribution < -0.4 is 4.72 Å². The normalized spacial score (nSPS) is 10.9. The number of nitrogens with zero attached hydrogens (tertiary/aromatic N) is 1. The maximum atomic E-state index is 12.6. The summed E-state index contributed by atoms with van der Waals surface area (Å²) >= 11 is 5.97. The number of carbonyl (C=O) groups is 1. The molecule has 0 atom stereocenters. The average molecular weight is 397 g/mol. The van der Waals surface area contributed by atoms with E-state index in [4.69, 9.17) is 21.2 Å². The second kappa shape index (κ2) is 8.25. The van der Waals surface area contributed by atoms with Gasteiger partial charge in [0.2, 0.25) is 0 Å². The van der Waals surface area contributed by atoms with Crippen LogP contribution in [0.4, 0.5) is 5.69 Å². The van der Waals surface area contributed by atoms with Crippen molar-refractivity contribution < 1.29 is 22.8 Å². The first-order valence-corrected chi connectivity index (χ1v) is 9.52. The van der Waals surface area contributed by atoms with E-state index in [9.17, 15) is 13.2 Å². The van der Waals surface area contributed by atoms with Crippen molar-refractivity contribution in [3.8, 4) is 11.8 Å². The van der Waals surface area contributed by atoms with E-state index in [1.54, 1.807) is 6.07 Å². The Morgan fingerprint density at radius 3 is 2.73 bits per heavy atom. The highest BCUT2D eigenvalue weighted by Crippen LogP contribution is 2.26. The summed E-state index contributed by atoms with van der Waals surface area (Å²) in [6, 6.07) is 4.60. The molecule has 1 aromatic carbocycles. The lowest BCUT2D eigenvalue weighted by atomic mass is 10.1. The number of unbranched alkanes of at least 4 members (excludes halogenated alkanes) is 1. The summed E-state index contributed by atoms with van der Waals surface area (Å²) in [4.78, 5) is 10.5. The van der Waals surface area contributed by atoms with Crippen molar-refractivity contribution in [3.63, 3.8) is 0 Å². The van der Waals surface area contributed by atoms with Crippen molar-refractivity contribution in [2.24, 2.45) is 0 Å². The number of aliphatic carboxylic acids is 1. The van der Waals surface area contributed by atoms with Crippen LogP contribution in [0.1, 0.15) is 36.3 Å². The van der Waals surface area contributed by atoms with Crippen LogP contribution in [-0.2, 0) is 14.8 Å². The van der Waals surface area contributed by atoms with Crippen LogP contribution in [0, 0.1) is 25.7 Å². The smallest absolute Gasteiger partial charge is 0.303 e. The lowest BCUT2D eigenvalue weighted by molar-refractivity contribution is -0.137. The number of anilines is 1. The van der Waals surface area contributed by atoms with Crippen LogP contribution in [0.2, 0.25) is 5.02 Å². The molecule has 1 aromatic heterocycles. The number of hydrogen-bond acceptors (Lipinski definition) is 5. The Balaban J connectivity index is 2.27. The third-order valence-electron chi connectivity index (χ3n) is 3.38. The number of nitrogens with one attached hydrogen (secondary N) is 1. The van der Waals surface area contributed by atoms with E-state index in [2.05, 4.69) is 21.7 Å². The summed E-state index contributed by atoms with van der Waals surface area (Å²) in [7, 11) is -3.91. The summed E-state index contributed by atoms with van der Waals surface area (Å²) in [5.74, 6) is 4.96. The Morgan fingerprint density at radius 2 is 2.12 bits per heavy atom. The van der Waals surface area contributed by atoms with Crippen molar-refractivity contribution in [2.75, 3.05) is 4.72 Å². The second-order valence-corrected chi connectivity index (χ2v) is 7.55. The number of aryl methyl sites for hydroxylation is 2. The molecule has 0 aliphatic carbocycles. The highest BCUT2D eigenvalue weighted by atomic mass is 35.5. The molecule has 0 spiro atoms. The lowest BCUT2D eigenvalue weighted by Crippen LogP contribution is -2.15. The number of benzene rings is 1. The van der Waals surface area contributed by atoms with Gasteiger partial charge in [-0.15, -0.1) is 0 Å². The molecule has 0 radical (unpaired) electrons. The Hall–Kier alpha value is -2.50. The van der Waals surface area contributed by atoms with E-state index in [1.807, 2.05) is 0 Å². The van der Waals surface area contributed by atoms with Gasteiger partial charge in [-0.2, -0.15) is 0 Å². The zero-order valence-corrected chi connectivity index (χ0v) is 15.7. The molecule has 0 bridgehead atoms. The second-order valence-electron chi connectivity index (χ2n) is 5.50. The van der Waals surface area contributed by atoms with Gasteiger partial charge >= 0.3 is 5.97 Å². The number of halogens is 1. The van der Waals surface area contributed by atoms with Crippen molar-refractivity contribution >= 4 is 33.3 Å². The predicted molar refractivity (Wildman–Crippen MR) is 96.6 cm³/mol. The molecule has 7 nitrogen and oxygen atoms in total. The fourth-order valence-electron chi connectivity index (χ4n) is 2.25. The van der Waals surface area contributed by atoms with Gasteiger partial charge in [0.1, 0.15) is 5.69 Å². The summed E-state index contributed by atoms with van der Waals surface area (Å²) in [6.07, 6.45) is 0.799. The van der Waals surface area contributed by atoms with Crippen molar-refractivity contribution in [1.29, 1.82) is 0 Å². The van der Waals surface area contributed by atoms with E-state index in [1.165, 1.54) is 26.0 Å². The third-order valence-corrected chi connectivity index (χ3v) is 5.22. The molecule has 9 heteroatoms. The molecule has 2 aromatic rings. The molecule has 2 N–H and O–H groups in total. The van der Waals surface area contributed by atoms with Crippen LogP contribution in [0.5, 0.6) is 0 Å². The first kappa shape index (κ1) is 19.8. The van der Waals surface area contributed by atoms with E-state index in [-0.39, 0.29) is 28.5 Å². The molecule has 138 valence electrons. The van der Waals surface area contributed by atoms with Gasteiger partial charge in [0.15, 0.2) is 10.7 Å². The molecule has 2 rings (SSSR count). The molecule has 0 amide bonds. The van der Waals surface area contributed by atoms with Crippen LogP contribution in [0.15, 0.2) is 27.6 Å². The Morgan fingerprint density at radius 1 is 1.38 bits per heavy atom. The highest BCUT2D eigenvalue weighted by Gasteiger charge is 2.25. The summed E-state index contributed by atoms with van der Waals surface area (Å²) in [6.45, 7) is 3.05. The van der Waals surface area contributed by atoms with E-state index < -0.39 is 16.0 Å². The maximum Gasteiger partial charge on any atom is 0.303 e. The number of aromatic nitrogens is 1. The van der Waals surface area contributed by atoms with Gasteiger partial charge in [-0.25, -0.2) is 8.42 Å². The fourth-order valence-corrected chi connectivity index (χ4v) is 3.83. The SMILES string of the molecule is Cc1noc(C)c1S(=O)(=O)Nc1ccc(Cl)cc1C#CCCCC(=O)O. The highest BCUT2D eigenvalue weighted by molar-refractivity contribution is 7.92. The molecule has 26 heavy (non-hydrogen) atoms. The van der Waals surface area contributed by atoms with Crippen molar-refractivity contribution in [1.82, 2.24) is 5.16 Å². The Kier molecular flexibility index (Phi) is 6.29. The molecule has 0 saturated heterocycles. The minimum atomic E-state index is -3.91. The first-order valence-electron chi connectivity index (χ1n) is 7.66. The third kappa shape index (κ3) is 5.00. The first-order chi connectivity index (χ1) is 12.2. The predicted octanol–water partition coefficient (Wildman–Crippen LogP) is 3.35. The molecule has 0 saturated carbocycles. The Labute approximate surface area is 156 Å². The number of hydrogen-bond donors (Lipinski definition) is 2. The average Bonchev–Trinajstić information content (AvgIpc) is 2.88. The summed E-state index contributed by atoms with van der Waals surface area (Å²) < 4.78 is 32.7. The summed E-state index contributed by atoms with van der Waals surface area (Å²) in [5, 5.41) is 12.7. The minimum absolute atomic E-state index is 0.0205. The van der Waals surface area contributed by atoms with Gasteiger partial charge < -0.3 is 9.63 Å². The number of carboxylic acid groups (broad SMARTS) is 1. The standard InChI is InChI=1S/C17H17ClN2O5S/c1-11-17(12(2)25-19-11)26(23,24)20-15-9-8-14(18)10-13(15)6-4-3-5-7-16(21)22/h8-10,20H,3,5,7H2,1-2H3,(H,21,22). The number of carboxylic acids is 1. The maximum absolute atomic E-state index is 12.6. The fraction of sp³-hybridized carbons (Fsp3) is 0.294. The molecule has 0 aliphatic rings. The van der Waals surface area contributed by atoms with Gasteiger partial charge in [0.05, 0.1) is 11.3 Å². The zero-order valence-electron chi connectivity index (χ0n) is 14.2. The van der Waals surface area contributed by atoms with Gasteiger partial charge in [-0.05, 0) is 38.5 Å². The topological polar surface area (TPSA) is 110 Å². The zero-order chi connectivity index (χ0) is 19.3. The monoisotopic (exact) mass is 396 g/mol. The largest absolute Gasteiger partial charge is 0.481 e. The molecule has 0 unspecified atom stereocenters. The molecule has 0 fully saturated rings. The molecular formula is C17H17ClN2O5S. The molecule has 1 heterocycles. The number of sulfonamides is 1. The molecular weight excluding hydrogens is 380 g/mol. The number of rotatable bonds is 6. The van der Waals surface area contributed by atoms with Gasteiger partial charge in [0.25, 0.3) is 10.0 Å². The lowest BCUT2D eigenvalue weighted by Gasteiger charge is -2.10. The molecule has 0 aliphatic heterocycles. The van der Waals surface area contributed by atoms with Crippen LogP contribution >= 0.6 is 11.6 Å². The Bertz CT molecular complexity index is 967.